The van der Waals surface area contributed by atoms with Crippen molar-refractivity contribution in [2.75, 3.05) is 10.4 Å². The van der Waals surface area contributed by atoms with Gasteiger partial charge in [-0.25, -0.2) is 10.5 Å². The maximum absolute atomic E-state index is 13.1. The molecule has 4 rings (SSSR count). The molecule has 2 aromatic carbocycles. The Morgan fingerprint density at radius 3 is 2.50 bits per heavy atom. The molecule has 0 aliphatic rings. The normalized spacial score (nSPS) is 13.8. The van der Waals surface area contributed by atoms with Gasteiger partial charge in [-0.1, -0.05) is 41.9 Å². The minimum atomic E-state index is -2.46. The number of rotatable bonds is 8. The monoisotopic (exact) mass is 533 g/mol. The fourth-order valence-electron chi connectivity index (χ4n) is 3.71. The summed E-state index contributed by atoms with van der Waals surface area (Å²) in [5, 5.41) is 5.24. The lowest BCUT2D eigenvalue weighted by molar-refractivity contribution is -0.117. The van der Waals surface area contributed by atoms with Crippen LogP contribution in [0.1, 0.15) is 25.1 Å². The van der Waals surface area contributed by atoms with Crippen molar-refractivity contribution in [1.82, 2.24) is 4.98 Å². The Hall–Kier alpha value is -2.60. The van der Waals surface area contributed by atoms with Crippen molar-refractivity contribution >= 4 is 62.9 Å². The summed E-state index contributed by atoms with van der Waals surface area (Å²) >= 11 is 7.18. The highest BCUT2D eigenvalue weighted by Gasteiger charge is 2.41. The minimum absolute atomic E-state index is 0.206. The maximum atomic E-state index is 13.1. The molecule has 2 atom stereocenters. The molecule has 2 N–H and O–H groups in total. The Morgan fingerprint density at radius 2 is 1.88 bits per heavy atom. The van der Waals surface area contributed by atoms with E-state index in [0.717, 1.165) is 15.4 Å². The first-order valence-electron chi connectivity index (χ1n) is 10.0. The molecule has 7 nitrogen and oxygen atoms in total. The summed E-state index contributed by atoms with van der Waals surface area (Å²) < 4.78 is 24.2. The van der Waals surface area contributed by atoms with Gasteiger partial charge in [-0.05, 0) is 48.2 Å². The molecule has 0 spiro atoms. The molecular formula is C23H20ClN3O4S3. The number of nitrogens with zero attached hydrogens (tertiary/aromatic N) is 2. The molecule has 1 unspecified atom stereocenters. The van der Waals surface area contributed by atoms with E-state index in [9.17, 15) is 9.00 Å². The number of para-hydroxylation sites is 1. The molecule has 176 valence electrons. The second-order valence-corrected chi connectivity index (χ2v) is 10.2. The zero-order valence-corrected chi connectivity index (χ0v) is 21.3. The number of halogens is 1. The molecule has 1 amide bonds. The van der Waals surface area contributed by atoms with Gasteiger partial charge < -0.3 is 0 Å². The van der Waals surface area contributed by atoms with E-state index in [-0.39, 0.29) is 5.91 Å². The van der Waals surface area contributed by atoms with Crippen molar-refractivity contribution in [3.63, 3.8) is 0 Å². The number of aromatic nitrogens is 1. The Kier molecular flexibility index (Phi) is 7.46. The largest absolute Gasteiger partial charge is 0.324 e. The molecule has 0 saturated heterocycles. The van der Waals surface area contributed by atoms with Crippen molar-refractivity contribution in [2.24, 2.45) is 0 Å². The Balaban J connectivity index is 1.86. The van der Waals surface area contributed by atoms with Crippen LogP contribution < -0.4 is 10.4 Å². The predicted molar refractivity (Wildman–Crippen MR) is 138 cm³/mol. The van der Waals surface area contributed by atoms with Crippen LogP contribution in [0.25, 0.3) is 9.88 Å². The summed E-state index contributed by atoms with van der Waals surface area (Å²) in [6, 6.07) is 18.2. The number of thiophene rings is 1. The second kappa shape index (κ2) is 10.3. The lowest BCUT2D eigenvalue weighted by Crippen LogP contribution is -2.48. The van der Waals surface area contributed by atoms with E-state index in [1.54, 1.807) is 40.5 Å². The van der Waals surface area contributed by atoms with Gasteiger partial charge in [0.15, 0.2) is 0 Å². The number of carbonyl (C=O) groups excluding carboxylic acids is 1. The number of hydrogen-bond acceptors (Lipinski definition) is 7. The summed E-state index contributed by atoms with van der Waals surface area (Å²) in [7, 11) is 0. The van der Waals surface area contributed by atoms with E-state index in [0.29, 0.717) is 22.1 Å². The summed E-state index contributed by atoms with van der Waals surface area (Å²) in [6.07, 6.45) is 0. The van der Waals surface area contributed by atoms with E-state index in [1.807, 2.05) is 54.1 Å². The Bertz CT molecular complexity index is 1310. The van der Waals surface area contributed by atoms with Gasteiger partial charge in [0.05, 0.1) is 27.0 Å². The number of hydrogen-bond donors (Lipinski definition) is 2. The van der Waals surface area contributed by atoms with Crippen LogP contribution >= 0.6 is 34.3 Å². The fourth-order valence-corrected chi connectivity index (χ4v) is 5.83. The van der Waals surface area contributed by atoms with Gasteiger partial charge in [-0.15, -0.1) is 27.0 Å². The van der Waals surface area contributed by atoms with Gasteiger partial charge in [0.2, 0.25) is 5.91 Å². The molecule has 4 aromatic rings. The van der Waals surface area contributed by atoms with Crippen LogP contribution in [0, 0.1) is 0 Å². The molecule has 2 heterocycles. The highest BCUT2D eigenvalue weighted by molar-refractivity contribution is 7.74. The van der Waals surface area contributed by atoms with E-state index in [4.69, 9.17) is 21.1 Å². The van der Waals surface area contributed by atoms with Gasteiger partial charge >= 0.3 is 11.4 Å². The van der Waals surface area contributed by atoms with Gasteiger partial charge in [-0.2, -0.15) is 4.21 Å². The molecule has 0 bridgehead atoms. The molecular weight excluding hydrogens is 514 g/mol. The Morgan fingerprint density at radius 1 is 1.15 bits per heavy atom. The first-order valence-corrected chi connectivity index (χ1v) is 13.2. The first-order chi connectivity index (χ1) is 16.3. The maximum Gasteiger partial charge on any atom is 0.324 e. The van der Waals surface area contributed by atoms with Gasteiger partial charge in [0, 0.05) is 12.3 Å². The van der Waals surface area contributed by atoms with E-state index < -0.39 is 16.9 Å². The zero-order chi connectivity index (χ0) is 24.3. The van der Waals surface area contributed by atoms with Gasteiger partial charge in [-0.3, -0.25) is 14.2 Å². The average molecular weight is 534 g/mol. The molecule has 0 saturated carbocycles. The van der Waals surface area contributed by atoms with Crippen LogP contribution in [0.15, 0.2) is 71.4 Å². The number of nitrogens with one attached hydrogen (secondary N) is 1. The second-order valence-electron chi connectivity index (χ2n) is 7.37. The standard InChI is InChI=1S/C23H20ClN3O4S3/c1-15(28)27(19-7-4-3-6-18(19)24)23(2,16-9-11-17(12-10-16)26-31-34(29)30)21-14-33-22(25-21)20-8-5-13-32-20/h3-14,26H,1-2H3,(H,29,30)/t23-/m0/s1. The SMILES string of the molecule is CC(=O)N(c1ccccc1Cl)[C@@](C)(c1ccc(NOS(=O)O)cc1)c1csc(-c2cccs2)n1. The quantitative estimate of drug-likeness (QED) is 0.203. The Labute approximate surface area is 212 Å². The third-order valence-electron chi connectivity index (χ3n) is 5.27. The van der Waals surface area contributed by atoms with Crippen LogP contribution in [-0.2, 0) is 26.0 Å². The van der Waals surface area contributed by atoms with E-state index in [1.165, 1.54) is 18.3 Å². The first kappa shape index (κ1) is 24.5. The molecule has 0 aliphatic heterocycles. The molecule has 2 aromatic heterocycles. The molecule has 0 radical (unpaired) electrons. The van der Waals surface area contributed by atoms with Crippen LogP contribution in [0.4, 0.5) is 11.4 Å². The number of amides is 1. The van der Waals surface area contributed by atoms with Crippen molar-refractivity contribution in [1.29, 1.82) is 0 Å². The van der Waals surface area contributed by atoms with Crippen molar-refractivity contribution < 1.29 is 17.8 Å². The van der Waals surface area contributed by atoms with Gasteiger partial charge in [0.25, 0.3) is 0 Å². The smallest absolute Gasteiger partial charge is 0.295 e. The van der Waals surface area contributed by atoms with Crippen molar-refractivity contribution in [3.8, 4) is 9.88 Å². The van der Waals surface area contributed by atoms with Crippen molar-refractivity contribution in [3.05, 3.63) is 87.7 Å². The van der Waals surface area contributed by atoms with Crippen molar-refractivity contribution in [2.45, 2.75) is 19.4 Å². The number of thiazole rings is 1. The summed E-state index contributed by atoms with van der Waals surface area (Å²) in [5.41, 5.74) is 3.88. The zero-order valence-electron chi connectivity index (χ0n) is 18.1. The number of benzene rings is 2. The molecule has 0 fully saturated rings. The lowest BCUT2D eigenvalue weighted by atomic mass is 9.86. The molecule has 0 aliphatic carbocycles. The van der Waals surface area contributed by atoms with E-state index in [2.05, 4.69) is 9.76 Å². The van der Waals surface area contributed by atoms with Crippen LogP contribution in [0.5, 0.6) is 0 Å². The third kappa shape index (κ3) is 4.92. The summed E-state index contributed by atoms with van der Waals surface area (Å²) in [6.45, 7) is 3.42. The van der Waals surface area contributed by atoms with Gasteiger partial charge in [0.1, 0.15) is 10.5 Å². The highest BCUT2D eigenvalue weighted by atomic mass is 35.5. The van der Waals surface area contributed by atoms with Crippen LogP contribution in [-0.4, -0.2) is 19.7 Å². The average Bonchev–Trinajstić information content (AvgIpc) is 3.51. The predicted octanol–water partition coefficient (Wildman–Crippen LogP) is 6.32. The summed E-state index contributed by atoms with van der Waals surface area (Å²) in [5.74, 6) is -0.206. The summed E-state index contributed by atoms with van der Waals surface area (Å²) in [4.78, 5) is 20.7. The molecule has 34 heavy (non-hydrogen) atoms. The van der Waals surface area contributed by atoms with E-state index >= 15 is 0 Å². The number of anilines is 2. The third-order valence-corrected chi connectivity index (χ3v) is 7.70. The minimum Gasteiger partial charge on any atom is -0.295 e. The lowest BCUT2D eigenvalue weighted by Gasteiger charge is -2.41. The molecule has 11 heteroatoms. The highest BCUT2D eigenvalue weighted by Crippen LogP contribution is 2.43. The number of carbonyl (C=O) groups is 1. The van der Waals surface area contributed by atoms with Crippen LogP contribution in [0.2, 0.25) is 5.02 Å². The fraction of sp³-hybridized carbons (Fsp3) is 0.130. The van der Waals surface area contributed by atoms with Crippen LogP contribution in [0.3, 0.4) is 0 Å². The topological polar surface area (TPSA) is 91.8 Å².